The van der Waals surface area contributed by atoms with Crippen LogP contribution in [-0.2, 0) is 5.41 Å². The third-order valence-corrected chi connectivity index (χ3v) is 3.02. The summed E-state index contributed by atoms with van der Waals surface area (Å²) in [5, 5.41) is 0. The predicted molar refractivity (Wildman–Crippen MR) is 68.7 cm³/mol. The van der Waals surface area contributed by atoms with Crippen molar-refractivity contribution < 1.29 is 0 Å². The fourth-order valence-corrected chi connectivity index (χ4v) is 2.04. The molecule has 0 amide bonds. The molecule has 86 valence electrons. The van der Waals surface area contributed by atoms with Crippen LogP contribution < -0.4 is 5.73 Å². The monoisotopic (exact) mass is 216 g/mol. The van der Waals surface area contributed by atoms with Gasteiger partial charge in [-0.3, -0.25) is 4.99 Å². The highest BCUT2D eigenvalue weighted by atomic mass is 15.0. The molecule has 1 fully saturated rings. The van der Waals surface area contributed by atoms with Crippen molar-refractivity contribution >= 4 is 5.84 Å². The molecule has 1 aliphatic carbocycles. The summed E-state index contributed by atoms with van der Waals surface area (Å²) < 4.78 is 0. The molecule has 1 saturated carbocycles. The predicted octanol–water partition coefficient (Wildman–Crippen LogP) is 2.87. The van der Waals surface area contributed by atoms with Crippen molar-refractivity contribution in [3.63, 3.8) is 0 Å². The lowest BCUT2D eigenvalue weighted by atomic mass is 9.94. The van der Waals surface area contributed by atoms with Crippen molar-refractivity contribution in [2.24, 2.45) is 10.7 Å². The number of hydrogen-bond donors (Lipinski definition) is 1. The first-order valence-corrected chi connectivity index (χ1v) is 5.85. The third kappa shape index (κ3) is 2.11. The minimum Gasteiger partial charge on any atom is -0.387 e. The van der Waals surface area contributed by atoms with Gasteiger partial charge in [-0.05, 0) is 39.2 Å². The van der Waals surface area contributed by atoms with E-state index in [1.807, 2.05) is 6.07 Å². The maximum absolute atomic E-state index is 6.18. The topological polar surface area (TPSA) is 38.4 Å². The van der Waals surface area contributed by atoms with Crippen molar-refractivity contribution in [1.82, 2.24) is 0 Å². The average molecular weight is 216 g/mol. The fraction of sp³-hybridized carbons (Fsp3) is 0.500. The van der Waals surface area contributed by atoms with Crippen molar-refractivity contribution in [2.45, 2.75) is 44.6 Å². The molecule has 0 aliphatic heterocycles. The van der Waals surface area contributed by atoms with E-state index >= 15 is 0 Å². The fourth-order valence-electron chi connectivity index (χ4n) is 2.04. The average Bonchev–Trinajstić information content (AvgIpc) is 2.97. The van der Waals surface area contributed by atoms with E-state index < -0.39 is 0 Å². The van der Waals surface area contributed by atoms with E-state index in [4.69, 9.17) is 5.73 Å². The maximum Gasteiger partial charge on any atom is 0.105 e. The van der Waals surface area contributed by atoms with Gasteiger partial charge in [0.15, 0.2) is 0 Å². The summed E-state index contributed by atoms with van der Waals surface area (Å²) in [5.74, 6) is 0.797. The molecule has 2 N–H and O–H groups in total. The Morgan fingerprint density at radius 1 is 1.19 bits per heavy atom. The summed E-state index contributed by atoms with van der Waals surface area (Å²) in [4.78, 5) is 4.61. The van der Waals surface area contributed by atoms with Gasteiger partial charge in [-0.1, -0.05) is 30.3 Å². The minimum atomic E-state index is -0.0888. The van der Waals surface area contributed by atoms with E-state index in [0.29, 0.717) is 0 Å². The van der Waals surface area contributed by atoms with Crippen LogP contribution >= 0.6 is 0 Å². The van der Waals surface area contributed by atoms with Gasteiger partial charge in [-0.15, -0.1) is 0 Å². The molecule has 0 atom stereocenters. The van der Waals surface area contributed by atoms with Crippen LogP contribution in [0.15, 0.2) is 35.3 Å². The molecule has 0 saturated heterocycles. The van der Waals surface area contributed by atoms with Gasteiger partial charge in [0.1, 0.15) is 5.84 Å². The molecule has 2 nitrogen and oxygen atoms in total. The van der Waals surface area contributed by atoms with Gasteiger partial charge in [0.05, 0.1) is 11.0 Å². The highest BCUT2D eigenvalue weighted by molar-refractivity contribution is 5.94. The standard InChI is InChI=1S/C14H20N2/c1-13(2,3)16-12(15)14(9-10-14)11-7-5-4-6-8-11/h4-8H,9-10H2,1-3H3,(H2,15,16). The first kappa shape index (κ1) is 11.2. The zero-order valence-electron chi connectivity index (χ0n) is 10.3. The summed E-state index contributed by atoms with van der Waals surface area (Å²) in [6.45, 7) is 6.25. The molecule has 0 unspecified atom stereocenters. The highest BCUT2D eigenvalue weighted by Crippen LogP contribution is 2.48. The number of amidine groups is 1. The van der Waals surface area contributed by atoms with Crippen LogP contribution in [0.4, 0.5) is 0 Å². The molecule has 2 rings (SSSR count). The van der Waals surface area contributed by atoms with Crippen LogP contribution in [-0.4, -0.2) is 11.4 Å². The Morgan fingerprint density at radius 2 is 1.75 bits per heavy atom. The van der Waals surface area contributed by atoms with Gasteiger partial charge < -0.3 is 5.73 Å². The number of nitrogens with zero attached hydrogens (tertiary/aromatic N) is 1. The van der Waals surface area contributed by atoms with Crippen molar-refractivity contribution in [1.29, 1.82) is 0 Å². The van der Waals surface area contributed by atoms with Gasteiger partial charge in [-0.2, -0.15) is 0 Å². The van der Waals surface area contributed by atoms with Gasteiger partial charge in [-0.25, -0.2) is 0 Å². The molecular formula is C14H20N2. The van der Waals surface area contributed by atoms with Crippen molar-refractivity contribution in [3.05, 3.63) is 35.9 Å². The largest absolute Gasteiger partial charge is 0.387 e. The molecule has 0 bridgehead atoms. The zero-order valence-corrected chi connectivity index (χ0v) is 10.3. The number of benzene rings is 1. The molecule has 1 aromatic rings. The van der Waals surface area contributed by atoms with Gasteiger partial charge in [0.2, 0.25) is 0 Å². The van der Waals surface area contributed by atoms with Crippen LogP contribution in [0.3, 0.4) is 0 Å². The summed E-state index contributed by atoms with van der Waals surface area (Å²) in [7, 11) is 0. The molecular weight excluding hydrogens is 196 g/mol. The second kappa shape index (κ2) is 3.62. The molecule has 0 aromatic heterocycles. The Hall–Kier alpha value is -1.31. The number of nitrogens with two attached hydrogens (primary N) is 1. The molecule has 2 heteroatoms. The lowest BCUT2D eigenvalue weighted by molar-refractivity contribution is 0.577. The first-order valence-electron chi connectivity index (χ1n) is 5.85. The summed E-state index contributed by atoms with van der Waals surface area (Å²) in [6.07, 6.45) is 2.25. The lowest BCUT2D eigenvalue weighted by Crippen LogP contribution is -2.32. The summed E-state index contributed by atoms with van der Waals surface area (Å²) in [5.41, 5.74) is 7.44. The van der Waals surface area contributed by atoms with Crippen LogP contribution in [0.1, 0.15) is 39.2 Å². The Morgan fingerprint density at radius 3 is 2.19 bits per heavy atom. The first-order chi connectivity index (χ1) is 7.44. The Bertz CT molecular complexity index is 394. The molecule has 1 aliphatic rings. The van der Waals surface area contributed by atoms with Crippen molar-refractivity contribution in [3.8, 4) is 0 Å². The normalized spacial score (nSPS) is 19.6. The Labute approximate surface area is 97.6 Å². The summed E-state index contributed by atoms with van der Waals surface area (Å²) in [6, 6.07) is 10.5. The van der Waals surface area contributed by atoms with E-state index in [9.17, 15) is 0 Å². The SMILES string of the molecule is CC(C)(C)N=C(N)C1(c2ccccc2)CC1. The van der Waals surface area contributed by atoms with Gasteiger partial charge >= 0.3 is 0 Å². The number of hydrogen-bond acceptors (Lipinski definition) is 1. The van der Waals surface area contributed by atoms with Crippen molar-refractivity contribution in [2.75, 3.05) is 0 Å². The Kier molecular flexibility index (Phi) is 2.53. The van der Waals surface area contributed by atoms with E-state index in [1.165, 1.54) is 5.56 Å². The van der Waals surface area contributed by atoms with E-state index in [1.54, 1.807) is 0 Å². The number of aliphatic imine (C=N–C) groups is 1. The molecule has 0 spiro atoms. The zero-order chi connectivity index (χ0) is 11.8. The Balaban J connectivity index is 2.31. The lowest BCUT2D eigenvalue weighted by Gasteiger charge is -2.20. The molecule has 16 heavy (non-hydrogen) atoms. The second-order valence-electron chi connectivity index (χ2n) is 5.62. The molecule has 0 heterocycles. The quantitative estimate of drug-likeness (QED) is 0.599. The van der Waals surface area contributed by atoms with Gasteiger partial charge in [0, 0.05) is 0 Å². The van der Waals surface area contributed by atoms with Crippen LogP contribution in [0.5, 0.6) is 0 Å². The highest BCUT2D eigenvalue weighted by Gasteiger charge is 2.48. The van der Waals surface area contributed by atoms with Crippen LogP contribution in [0.25, 0.3) is 0 Å². The maximum atomic E-state index is 6.18. The van der Waals surface area contributed by atoms with E-state index in [-0.39, 0.29) is 11.0 Å². The summed E-state index contributed by atoms with van der Waals surface area (Å²) >= 11 is 0. The second-order valence-corrected chi connectivity index (χ2v) is 5.62. The van der Waals surface area contributed by atoms with E-state index in [0.717, 1.165) is 18.7 Å². The number of rotatable bonds is 2. The molecule has 1 aromatic carbocycles. The smallest absolute Gasteiger partial charge is 0.105 e. The van der Waals surface area contributed by atoms with Crippen LogP contribution in [0, 0.1) is 0 Å². The minimum absolute atomic E-state index is 0.0363. The van der Waals surface area contributed by atoms with E-state index in [2.05, 4.69) is 50.0 Å². The van der Waals surface area contributed by atoms with Crippen LogP contribution in [0.2, 0.25) is 0 Å². The van der Waals surface area contributed by atoms with Gasteiger partial charge in [0.25, 0.3) is 0 Å². The molecule has 0 radical (unpaired) electrons. The third-order valence-electron chi connectivity index (χ3n) is 3.02.